The van der Waals surface area contributed by atoms with Crippen LogP contribution in [0.3, 0.4) is 0 Å². The van der Waals surface area contributed by atoms with Gasteiger partial charge in [-0.3, -0.25) is 0 Å². The predicted molar refractivity (Wildman–Crippen MR) is 119 cm³/mol. The quantitative estimate of drug-likeness (QED) is 0.378. The Bertz CT molecular complexity index is 626. The molecule has 2 aromatic rings. The number of benzene rings is 2. The van der Waals surface area contributed by atoms with E-state index in [9.17, 15) is 5.11 Å². The average Bonchev–Trinajstić information content (AvgIpc) is 2.87. The van der Waals surface area contributed by atoms with E-state index in [4.69, 9.17) is 18.6 Å². The molecule has 0 spiro atoms. The van der Waals surface area contributed by atoms with Crippen LogP contribution in [0, 0.1) is 37.0 Å². The molecule has 0 radical (unpaired) electrons. The van der Waals surface area contributed by atoms with Crippen molar-refractivity contribution in [2.24, 2.45) is 29.6 Å². The van der Waals surface area contributed by atoms with Crippen molar-refractivity contribution in [3.05, 3.63) is 79.2 Å². The molecule has 154 valence electrons. The molecular formula is C24H33Cl2OTi-. The van der Waals surface area contributed by atoms with Crippen molar-refractivity contribution in [3.8, 4) is 0 Å². The second-order valence-electron chi connectivity index (χ2n) is 7.97. The molecule has 28 heavy (non-hydrogen) atoms. The molecule has 1 aliphatic carbocycles. The zero-order chi connectivity index (χ0) is 20.0. The SMILES string of the molecule is CC1C(C)C(C)C(CC(O)(c2ccccc2)c2ccccc2)C1C.[CH3-].[Cl][Ti][Cl]. The molecule has 0 heterocycles. The van der Waals surface area contributed by atoms with Crippen LogP contribution in [0.4, 0.5) is 0 Å². The molecule has 1 N–H and O–H groups in total. The third kappa shape index (κ3) is 5.64. The normalized spacial score (nSPS) is 26.6. The maximum atomic E-state index is 11.8. The molecule has 0 saturated heterocycles. The van der Waals surface area contributed by atoms with Gasteiger partial charge in [0.25, 0.3) is 0 Å². The van der Waals surface area contributed by atoms with Gasteiger partial charge in [0.15, 0.2) is 0 Å². The molecule has 4 heteroatoms. The van der Waals surface area contributed by atoms with Gasteiger partial charge in [-0.25, -0.2) is 0 Å². The van der Waals surface area contributed by atoms with Gasteiger partial charge in [0.2, 0.25) is 0 Å². The van der Waals surface area contributed by atoms with E-state index in [2.05, 4.69) is 52.0 Å². The number of hydrogen-bond acceptors (Lipinski definition) is 1. The summed E-state index contributed by atoms with van der Waals surface area (Å²) in [5.41, 5.74) is 1.09. The predicted octanol–water partition coefficient (Wildman–Crippen LogP) is 7.31. The first kappa shape index (κ1) is 25.7. The first-order valence-electron chi connectivity index (χ1n) is 9.66. The molecule has 0 aromatic heterocycles. The Kier molecular flexibility index (Phi) is 10.8. The molecule has 0 aliphatic heterocycles. The first-order valence-corrected chi connectivity index (χ1v) is 14.0. The van der Waals surface area contributed by atoms with E-state index < -0.39 is 22.6 Å². The van der Waals surface area contributed by atoms with E-state index in [0.717, 1.165) is 17.5 Å². The maximum absolute atomic E-state index is 11.8. The molecular weight excluding hydrogens is 423 g/mol. The summed E-state index contributed by atoms with van der Waals surface area (Å²) in [4.78, 5) is 0. The van der Waals surface area contributed by atoms with Crippen molar-refractivity contribution >= 4 is 18.6 Å². The van der Waals surface area contributed by atoms with Gasteiger partial charge in [0, 0.05) is 0 Å². The Morgan fingerprint density at radius 3 is 1.39 bits per heavy atom. The zero-order valence-corrected chi connectivity index (χ0v) is 20.6. The molecule has 0 bridgehead atoms. The first-order chi connectivity index (χ1) is 12.9. The molecule has 2 aromatic carbocycles. The number of aliphatic hydroxyl groups is 1. The molecule has 1 saturated carbocycles. The van der Waals surface area contributed by atoms with Crippen molar-refractivity contribution in [2.75, 3.05) is 0 Å². The Morgan fingerprint density at radius 1 is 0.750 bits per heavy atom. The average molecular weight is 456 g/mol. The van der Waals surface area contributed by atoms with E-state index in [1.807, 2.05) is 36.4 Å². The van der Waals surface area contributed by atoms with Crippen LogP contribution in [-0.4, -0.2) is 5.11 Å². The van der Waals surface area contributed by atoms with Gasteiger partial charge in [0.1, 0.15) is 5.60 Å². The fraction of sp³-hybridized carbons (Fsp3) is 0.458. The summed E-state index contributed by atoms with van der Waals surface area (Å²) in [6.45, 7) is 9.48. The molecule has 4 unspecified atom stereocenters. The van der Waals surface area contributed by atoms with E-state index >= 15 is 0 Å². The van der Waals surface area contributed by atoms with Crippen LogP contribution in [0.5, 0.6) is 0 Å². The number of halogens is 2. The third-order valence-electron chi connectivity index (χ3n) is 6.87. The van der Waals surface area contributed by atoms with Gasteiger partial charge in [-0.05, 0) is 47.1 Å². The Hall–Kier alpha value is -0.306. The van der Waals surface area contributed by atoms with Crippen molar-refractivity contribution in [3.63, 3.8) is 0 Å². The number of hydrogen-bond donors (Lipinski definition) is 1. The van der Waals surface area contributed by atoms with Crippen LogP contribution in [0.15, 0.2) is 60.7 Å². The molecule has 4 atom stereocenters. The zero-order valence-electron chi connectivity index (χ0n) is 17.6. The fourth-order valence-corrected chi connectivity index (χ4v) is 4.76. The van der Waals surface area contributed by atoms with Gasteiger partial charge >= 0.3 is 35.6 Å². The summed E-state index contributed by atoms with van der Waals surface area (Å²) in [5, 5.41) is 11.8. The van der Waals surface area contributed by atoms with E-state index in [1.165, 1.54) is 0 Å². The summed E-state index contributed by atoms with van der Waals surface area (Å²) in [7, 11) is 9.78. The van der Waals surface area contributed by atoms with Crippen LogP contribution in [0.1, 0.15) is 45.2 Å². The van der Waals surface area contributed by atoms with Crippen LogP contribution >= 0.6 is 18.6 Å². The summed E-state index contributed by atoms with van der Waals surface area (Å²) in [6.07, 6.45) is 0.790. The Balaban J connectivity index is 0.000000921. The van der Waals surface area contributed by atoms with Crippen molar-refractivity contribution in [1.82, 2.24) is 0 Å². The van der Waals surface area contributed by atoms with Gasteiger partial charge in [-0.2, -0.15) is 0 Å². The summed E-state index contributed by atoms with van der Waals surface area (Å²) in [5.74, 6) is 3.21. The Morgan fingerprint density at radius 2 is 1.07 bits per heavy atom. The fourth-order valence-electron chi connectivity index (χ4n) is 4.76. The van der Waals surface area contributed by atoms with Gasteiger partial charge < -0.3 is 12.5 Å². The van der Waals surface area contributed by atoms with E-state index in [0.29, 0.717) is 29.6 Å². The summed E-state index contributed by atoms with van der Waals surface area (Å²) in [6, 6.07) is 20.4. The van der Waals surface area contributed by atoms with Gasteiger partial charge in [-0.15, -0.1) is 0 Å². The van der Waals surface area contributed by atoms with E-state index in [-0.39, 0.29) is 7.43 Å². The van der Waals surface area contributed by atoms with Crippen molar-refractivity contribution in [1.29, 1.82) is 0 Å². The monoisotopic (exact) mass is 455 g/mol. The van der Waals surface area contributed by atoms with E-state index in [1.54, 1.807) is 0 Å². The van der Waals surface area contributed by atoms with Crippen molar-refractivity contribution in [2.45, 2.75) is 39.7 Å². The summed E-state index contributed by atoms with van der Waals surface area (Å²) < 4.78 is 0. The van der Waals surface area contributed by atoms with Crippen molar-refractivity contribution < 1.29 is 22.1 Å². The second kappa shape index (κ2) is 11.8. The molecule has 1 nitrogen and oxygen atoms in total. The molecule has 1 fully saturated rings. The van der Waals surface area contributed by atoms with Crippen LogP contribution in [-0.2, 0) is 22.6 Å². The molecule has 1 aliphatic rings. The summed E-state index contributed by atoms with van der Waals surface area (Å²) >= 11 is -0.556. The Labute approximate surface area is 188 Å². The standard InChI is InChI=1S/C23H30O.CH3.2ClH.Ti/c1-16-17(2)19(4)22(18(16)3)15-23(24,20-11-7-5-8-12-20)21-13-9-6-10-14-21;;;;/h5-14,16-19,22,24H,15H2,1-4H3;1H3;2*1H;/q;-1;;;+2/p-2. The van der Waals surface area contributed by atoms with Gasteiger partial charge in [-0.1, -0.05) is 88.4 Å². The minimum atomic E-state index is -0.917. The van der Waals surface area contributed by atoms with Gasteiger partial charge in [0.05, 0.1) is 0 Å². The second-order valence-corrected chi connectivity index (χ2v) is 10.5. The third-order valence-corrected chi connectivity index (χ3v) is 6.87. The van der Waals surface area contributed by atoms with Crippen LogP contribution < -0.4 is 0 Å². The van der Waals surface area contributed by atoms with Crippen LogP contribution in [0.2, 0.25) is 0 Å². The number of rotatable bonds is 4. The minimum absolute atomic E-state index is 0. The molecule has 0 amide bonds. The molecule has 3 rings (SSSR count). The van der Waals surface area contributed by atoms with Crippen LogP contribution in [0.25, 0.3) is 0 Å². The topological polar surface area (TPSA) is 20.2 Å².